The Morgan fingerprint density at radius 3 is 2.77 bits per heavy atom. The van der Waals surface area contributed by atoms with Gasteiger partial charge in [-0.15, -0.1) is 0 Å². The quantitative estimate of drug-likeness (QED) is 0.731. The van der Waals surface area contributed by atoms with Crippen molar-refractivity contribution in [3.05, 3.63) is 42.4 Å². The van der Waals surface area contributed by atoms with Gasteiger partial charge in [-0.1, -0.05) is 12.1 Å². The summed E-state index contributed by atoms with van der Waals surface area (Å²) in [6.45, 7) is 4.84. The Balaban J connectivity index is 1.58. The summed E-state index contributed by atoms with van der Waals surface area (Å²) in [5, 5.41) is 11.0. The molecule has 0 aliphatic heterocycles. The van der Waals surface area contributed by atoms with E-state index in [1.54, 1.807) is 6.20 Å². The summed E-state index contributed by atoms with van der Waals surface area (Å²) in [5.74, 6) is 1.71. The number of hydrogen-bond donors (Lipinski definition) is 2. The van der Waals surface area contributed by atoms with Crippen LogP contribution in [0, 0.1) is 0 Å². The smallest absolute Gasteiger partial charge is 0.160 e. The van der Waals surface area contributed by atoms with Crippen molar-refractivity contribution in [1.82, 2.24) is 20.2 Å². The van der Waals surface area contributed by atoms with Crippen molar-refractivity contribution in [1.29, 1.82) is 0 Å². The third-order valence-electron chi connectivity index (χ3n) is 3.25. The van der Waals surface area contributed by atoms with Crippen LogP contribution in [0.1, 0.15) is 19.4 Å². The Morgan fingerprint density at radius 1 is 1.18 bits per heavy atom. The zero-order valence-corrected chi connectivity index (χ0v) is 12.7. The predicted molar refractivity (Wildman–Crippen MR) is 86.1 cm³/mol. The van der Waals surface area contributed by atoms with Gasteiger partial charge >= 0.3 is 0 Å². The van der Waals surface area contributed by atoms with Gasteiger partial charge in [0, 0.05) is 6.54 Å². The van der Waals surface area contributed by atoms with E-state index in [2.05, 4.69) is 37.6 Å². The molecular formula is C16H19N5O. The zero-order chi connectivity index (χ0) is 15.4. The van der Waals surface area contributed by atoms with Crippen LogP contribution in [-0.2, 0) is 6.42 Å². The van der Waals surface area contributed by atoms with Crippen molar-refractivity contribution >= 4 is 16.9 Å². The first-order valence-electron chi connectivity index (χ1n) is 7.36. The van der Waals surface area contributed by atoms with Crippen molar-refractivity contribution in [3.63, 3.8) is 0 Å². The van der Waals surface area contributed by atoms with Gasteiger partial charge in [0.05, 0.1) is 17.7 Å². The third kappa shape index (κ3) is 3.33. The summed E-state index contributed by atoms with van der Waals surface area (Å²) in [6.07, 6.45) is 4.37. The van der Waals surface area contributed by atoms with E-state index in [0.717, 1.165) is 35.6 Å². The average molecular weight is 297 g/mol. The summed E-state index contributed by atoms with van der Waals surface area (Å²) in [6, 6.07) is 8.20. The molecule has 0 bridgehead atoms. The van der Waals surface area contributed by atoms with E-state index in [-0.39, 0.29) is 6.10 Å². The molecule has 0 aliphatic carbocycles. The molecule has 3 aromatic rings. The minimum atomic E-state index is 0.197. The van der Waals surface area contributed by atoms with Crippen LogP contribution in [0.3, 0.4) is 0 Å². The van der Waals surface area contributed by atoms with Gasteiger partial charge in [0.25, 0.3) is 0 Å². The lowest BCUT2D eigenvalue weighted by atomic mass is 10.1. The number of anilines is 1. The van der Waals surface area contributed by atoms with E-state index >= 15 is 0 Å². The molecule has 6 heteroatoms. The molecule has 1 aromatic carbocycles. The van der Waals surface area contributed by atoms with Crippen LogP contribution in [0.15, 0.2) is 36.8 Å². The van der Waals surface area contributed by atoms with Gasteiger partial charge in [0.2, 0.25) is 0 Å². The van der Waals surface area contributed by atoms with Crippen molar-refractivity contribution in [2.45, 2.75) is 26.4 Å². The molecule has 0 spiro atoms. The molecule has 6 nitrogen and oxygen atoms in total. The van der Waals surface area contributed by atoms with Crippen molar-refractivity contribution < 1.29 is 4.74 Å². The number of hydrogen-bond acceptors (Lipinski definition) is 5. The minimum Gasteiger partial charge on any atom is -0.491 e. The Morgan fingerprint density at radius 2 is 2.00 bits per heavy atom. The summed E-state index contributed by atoms with van der Waals surface area (Å²) in [5.41, 5.74) is 1.99. The van der Waals surface area contributed by atoms with Crippen LogP contribution in [0.4, 0.5) is 5.82 Å². The van der Waals surface area contributed by atoms with Gasteiger partial charge < -0.3 is 10.1 Å². The summed E-state index contributed by atoms with van der Waals surface area (Å²) >= 11 is 0. The fourth-order valence-electron chi connectivity index (χ4n) is 2.24. The first-order valence-corrected chi connectivity index (χ1v) is 7.36. The number of benzene rings is 1. The molecule has 0 aliphatic rings. The van der Waals surface area contributed by atoms with Gasteiger partial charge in [0.1, 0.15) is 17.9 Å². The highest BCUT2D eigenvalue weighted by molar-refractivity contribution is 5.85. The highest BCUT2D eigenvalue weighted by Crippen LogP contribution is 2.17. The van der Waals surface area contributed by atoms with Gasteiger partial charge in [-0.3, -0.25) is 5.10 Å². The fraction of sp³-hybridized carbons (Fsp3) is 0.312. The van der Waals surface area contributed by atoms with E-state index in [0.29, 0.717) is 0 Å². The molecule has 114 valence electrons. The lowest BCUT2D eigenvalue weighted by molar-refractivity contribution is 0.242. The highest BCUT2D eigenvalue weighted by atomic mass is 16.5. The molecule has 2 heterocycles. The average Bonchev–Trinajstić information content (AvgIpc) is 2.98. The fourth-order valence-corrected chi connectivity index (χ4v) is 2.24. The molecule has 0 unspecified atom stereocenters. The van der Waals surface area contributed by atoms with Crippen molar-refractivity contribution in [2.75, 3.05) is 11.9 Å². The number of ether oxygens (including phenoxy) is 1. The molecule has 2 aromatic heterocycles. The number of aromatic amines is 1. The largest absolute Gasteiger partial charge is 0.491 e. The van der Waals surface area contributed by atoms with E-state index < -0.39 is 0 Å². The van der Waals surface area contributed by atoms with Crippen molar-refractivity contribution in [3.8, 4) is 5.75 Å². The summed E-state index contributed by atoms with van der Waals surface area (Å²) in [4.78, 5) is 8.37. The van der Waals surface area contributed by atoms with E-state index in [9.17, 15) is 0 Å². The van der Waals surface area contributed by atoms with Crippen LogP contribution < -0.4 is 10.1 Å². The molecule has 0 saturated heterocycles. The summed E-state index contributed by atoms with van der Waals surface area (Å²) < 4.78 is 5.64. The second-order valence-corrected chi connectivity index (χ2v) is 5.34. The highest BCUT2D eigenvalue weighted by Gasteiger charge is 2.04. The van der Waals surface area contributed by atoms with E-state index in [1.165, 1.54) is 11.9 Å². The molecular weight excluding hydrogens is 278 g/mol. The molecule has 0 atom stereocenters. The lowest BCUT2D eigenvalue weighted by Crippen LogP contribution is -2.07. The molecule has 0 saturated carbocycles. The van der Waals surface area contributed by atoms with Gasteiger partial charge in [-0.2, -0.15) is 5.10 Å². The molecule has 22 heavy (non-hydrogen) atoms. The SMILES string of the molecule is CC(C)Oc1ccc(CCNc2ncnc3[nH]ncc23)cc1. The molecule has 2 N–H and O–H groups in total. The molecule has 0 radical (unpaired) electrons. The van der Waals surface area contributed by atoms with Crippen LogP contribution in [0.25, 0.3) is 11.0 Å². The minimum absolute atomic E-state index is 0.197. The molecule has 0 amide bonds. The maximum Gasteiger partial charge on any atom is 0.160 e. The number of aromatic nitrogens is 4. The number of rotatable bonds is 6. The molecule has 0 fully saturated rings. The van der Waals surface area contributed by atoms with Crippen LogP contribution in [-0.4, -0.2) is 32.8 Å². The maximum atomic E-state index is 5.64. The van der Waals surface area contributed by atoms with Gasteiger partial charge in [0.15, 0.2) is 5.65 Å². The number of nitrogens with one attached hydrogen (secondary N) is 2. The Bertz CT molecular complexity index is 736. The number of fused-ring (bicyclic) bond motifs is 1. The Kier molecular flexibility index (Phi) is 4.18. The van der Waals surface area contributed by atoms with E-state index in [4.69, 9.17) is 4.74 Å². The van der Waals surface area contributed by atoms with Crippen LogP contribution >= 0.6 is 0 Å². The van der Waals surface area contributed by atoms with E-state index in [1.807, 2.05) is 26.0 Å². The van der Waals surface area contributed by atoms with Gasteiger partial charge in [-0.05, 0) is 38.0 Å². The number of nitrogens with zero attached hydrogens (tertiary/aromatic N) is 3. The first-order chi connectivity index (χ1) is 10.7. The third-order valence-corrected chi connectivity index (χ3v) is 3.25. The number of H-pyrrole nitrogens is 1. The monoisotopic (exact) mass is 297 g/mol. The Labute approximate surface area is 128 Å². The summed E-state index contributed by atoms with van der Waals surface area (Å²) in [7, 11) is 0. The van der Waals surface area contributed by atoms with Gasteiger partial charge in [-0.25, -0.2) is 9.97 Å². The van der Waals surface area contributed by atoms with Crippen molar-refractivity contribution in [2.24, 2.45) is 0 Å². The standard InChI is InChI=1S/C16H19N5O/c1-11(2)22-13-5-3-12(4-6-13)7-8-17-15-14-9-20-21-16(14)19-10-18-15/h3-6,9-11H,7-8H2,1-2H3,(H2,17,18,19,20,21). The first kappa shape index (κ1) is 14.3. The normalized spacial score (nSPS) is 11.0. The van der Waals surface area contributed by atoms with Crippen LogP contribution in [0.2, 0.25) is 0 Å². The van der Waals surface area contributed by atoms with Crippen LogP contribution in [0.5, 0.6) is 5.75 Å². The zero-order valence-electron chi connectivity index (χ0n) is 12.7. The lowest BCUT2D eigenvalue weighted by Gasteiger charge is -2.10. The topological polar surface area (TPSA) is 75.7 Å². The second kappa shape index (κ2) is 6.43. The maximum absolute atomic E-state index is 5.64. The molecule has 3 rings (SSSR count). The predicted octanol–water partition coefficient (Wildman–Crippen LogP) is 2.79. The second-order valence-electron chi connectivity index (χ2n) is 5.34. The Hall–Kier alpha value is -2.63.